The van der Waals surface area contributed by atoms with Gasteiger partial charge in [0.1, 0.15) is 0 Å². The third kappa shape index (κ3) is 8.62. The van der Waals surface area contributed by atoms with E-state index < -0.39 is 0 Å². The summed E-state index contributed by atoms with van der Waals surface area (Å²) >= 11 is 0. The largest absolute Gasteiger partial charge is 0.314 e. The molecule has 2 nitrogen and oxygen atoms in total. The van der Waals surface area contributed by atoms with E-state index in [1.54, 1.807) is 0 Å². The molecule has 0 aromatic carbocycles. The molecule has 2 fully saturated rings. The van der Waals surface area contributed by atoms with Gasteiger partial charge in [-0.05, 0) is 51.6 Å². The minimum absolute atomic E-state index is 0.796. The van der Waals surface area contributed by atoms with Crippen LogP contribution < -0.4 is 10.6 Å². The second-order valence-corrected chi connectivity index (χ2v) is 5.30. The van der Waals surface area contributed by atoms with Gasteiger partial charge in [0, 0.05) is 12.1 Å². The molecule has 0 aliphatic carbocycles. The van der Waals surface area contributed by atoms with Gasteiger partial charge in [0.05, 0.1) is 0 Å². The molecule has 0 amide bonds. The van der Waals surface area contributed by atoms with Crippen molar-refractivity contribution in [3.63, 3.8) is 0 Å². The van der Waals surface area contributed by atoms with Crippen molar-refractivity contribution in [3.8, 4) is 0 Å². The molecule has 2 aliphatic heterocycles. The van der Waals surface area contributed by atoms with Crippen LogP contribution in [-0.2, 0) is 0 Å². The van der Waals surface area contributed by atoms with Gasteiger partial charge in [0.25, 0.3) is 0 Å². The zero-order valence-electron chi connectivity index (χ0n) is 12.7. The highest BCUT2D eigenvalue weighted by Gasteiger charge is 2.14. The summed E-state index contributed by atoms with van der Waals surface area (Å²) in [5.74, 6) is 0.824. The first-order valence-electron chi connectivity index (χ1n) is 7.67. The van der Waals surface area contributed by atoms with Gasteiger partial charge in [-0.3, -0.25) is 0 Å². The van der Waals surface area contributed by atoms with Crippen molar-refractivity contribution in [3.05, 3.63) is 0 Å². The normalized spacial score (nSPS) is 27.9. The second kappa shape index (κ2) is 11.0. The fourth-order valence-electron chi connectivity index (χ4n) is 2.31. The molecule has 0 bridgehead atoms. The Bertz CT molecular complexity index is 145. The van der Waals surface area contributed by atoms with Gasteiger partial charge in [0.15, 0.2) is 0 Å². The highest BCUT2D eigenvalue weighted by Crippen LogP contribution is 2.13. The molecule has 0 spiro atoms. The zero-order valence-corrected chi connectivity index (χ0v) is 12.7. The summed E-state index contributed by atoms with van der Waals surface area (Å²) in [5.41, 5.74) is 0. The summed E-state index contributed by atoms with van der Waals surface area (Å²) in [4.78, 5) is 0. The summed E-state index contributed by atoms with van der Waals surface area (Å²) in [6.07, 6.45) is 6.94. The van der Waals surface area contributed by atoms with E-state index in [9.17, 15) is 0 Å². The smallest absolute Gasteiger partial charge is 0.00900 e. The number of nitrogens with one attached hydrogen (secondary N) is 2. The van der Waals surface area contributed by atoms with Gasteiger partial charge in [0.2, 0.25) is 0 Å². The first-order chi connectivity index (χ1) is 8.20. The Kier molecular flexibility index (Phi) is 11.0. The summed E-state index contributed by atoms with van der Waals surface area (Å²) in [7, 11) is 0. The fourth-order valence-corrected chi connectivity index (χ4v) is 2.31. The third-order valence-electron chi connectivity index (χ3n) is 3.46. The molecule has 17 heavy (non-hydrogen) atoms. The topological polar surface area (TPSA) is 24.1 Å². The molecule has 2 saturated heterocycles. The quantitative estimate of drug-likeness (QED) is 0.734. The molecule has 2 N–H and O–H groups in total. The Morgan fingerprint density at radius 3 is 1.76 bits per heavy atom. The van der Waals surface area contributed by atoms with Gasteiger partial charge >= 0.3 is 0 Å². The van der Waals surface area contributed by atoms with Crippen LogP contribution in [0.1, 0.15) is 66.7 Å². The average molecular weight is 242 g/mol. The standard InChI is InChI=1S/C8H17N.C5H11N.C2H6/c1-7(2)8-5-3-4-6-9-8;1-5-3-2-4-6-5;1-2/h7-9H,3-6H2,1-2H3;5-6H,2-4H2,1H3;1-2H3/t;5-;/m.1./s1. The highest BCUT2D eigenvalue weighted by atomic mass is 14.9. The minimum Gasteiger partial charge on any atom is -0.314 e. The van der Waals surface area contributed by atoms with Gasteiger partial charge in [-0.25, -0.2) is 0 Å². The molecule has 0 aromatic rings. The van der Waals surface area contributed by atoms with Crippen molar-refractivity contribution < 1.29 is 0 Å². The Morgan fingerprint density at radius 1 is 0.882 bits per heavy atom. The zero-order chi connectivity index (χ0) is 13.1. The van der Waals surface area contributed by atoms with E-state index in [1.807, 2.05) is 13.8 Å². The predicted molar refractivity (Wildman–Crippen MR) is 78.5 cm³/mol. The van der Waals surface area contributed by atoms with Gasteiger partial charge < -0.3 is 10.6 Å². The Hall–Kier alpha value is -0.0800. The number of piperidine rings is 1. The van der Waals surface area contributed by atoms with Crippen LogP contribution in [0.5, 0.6) is 0 Å². The maximum Gasteiger partial charge on any atom is 0.00900 e. The van der Waals surface area contributed by atoms with Crippen LogP contribution in [0.2, 0.25) is 0 Å². The lowest BCUT2D eigenvalue weighted by Gasteiger charge is -2.26. The molecule has 2 rings (SSSR count). The van der Waals surface area contributed by atoms with E-state index in [1.165, 1.54) is 45.2 Å². The SMILES string of the molecule is CC.CC(C)C1CCCCN1.C[C@@H]1CCCN1. The van der Waals surface area contributed by atoms with Gasteiger partial charge in [-0.15, -0.1) is 0 Å². The third-order valence-corrected chi connectivity index (χ3v) is 3.46. The number of rotatable bonds is 1. The van der Waals surface area contributed by atoms with Gasteiger partial charge in [-0.1, -0.05) is 34.1 Å². The van der Waals surface area contributed by atoms with Crippen molar-refractivity contribution in [1.82, 2.24) is 10.6 Å². The van der Waals surface area contributed by atoms with Crippen LogP contribution in [0.25, 0.3) is 0 Å². The molecule has 104 valence electrons. The van der Waals surface area contributed by atoms with E-state index in [0.29, 0.717) is 0 Å². The van der Waals surface area contributed by atoms with Crippen molar-refractivity contribution in [1.29, 1.82) is 0 Å². The Morgan fingerprint density at radius 2 is 1.53 bits per heavy atom. The Balaban J connectivity index is 0.000000278. The molecule has 2 heterocycles. The molecule has 2 heteroatoms. The summed E-state index contributed by atoms with van der Waals surface area (Å²) in [5, 5.41) is 6.84. The van der Waals surface area contributed by atoms with Crippen molar-refractivity contribution in [2.45, 2.75) is 78.8 Å². The lowest BCUT2D eigenvalue weighted by molar-refractivity contribution is 0.326. The first kappa shape index (κ1) is 16.9. The molecular formula is C15H34N2. The van der Waals surface area contributed by atoms with Crippen LogP contribution in [0, 0.1) is 5.92 Å². The molecule has 0 saturated carbocycles. The van der Waals surface area contributed by atoms with Crippen LogP contribution in [0.3, 0.4) is 0 Å². The second-order valence-electron chi connectivity index (χ2n) is 5.30. The van der Waals surface area contributed by atoms with E-state index in [2.05, 4.69) is 31.4 Å². The monoisotopic (exact) mass is 242 g/mol. The summed E-state index contributed by atoms with van der Waals surface area (Å²) in [6, 6.07) is 1.60. The van der Waals surface area contributed by atoms with E-state index in [4.69, 9.17) is 0 Å². The molecular weight excluding hydrogens is 208 g/mol. The molecule has 1 unspecified atom stereocenters. The van der Waals surface area contributed by atoms with E-state index in [0.717, 1.165) is 18.0 Å². The van der Waals surface area contributed by atoms with Crippen molar-refractivity contribution in [2.24, 2.45) is 5.92 Å². The van der Waals surface area contributed by atoms with Crippen LogP contribution in [-0.4, -0.2) is 25.2 Å². The maximum absolute atomic E-state index is 3.52. The van der Waals surface area contributed by atoms with Crippen LogP contribution in [0.4, 0.5) is 0 Å². The maximum atomic E-state index is 3.52. The predicted octanol–water partition coefficient (Wildman–Crippen LogP) is 3.57. The minimum atomic E-state index is 0.796. The summed E-state index contributed by atoms with van der Waals surface area (Å²) < 4.78 is 0. The molecule has 0 aromatic heterocycles. The van der Waals surface area contributed by atoms with E-state index >= 15 is 0 Å². The fraction of sp³-hybridized carbons (Fsp3) is 1.00. The number of hydrogen-bond donors (Lipinski definition) is 2. The van der Waals surface area contributed by atoms with Crippen LogP contribution >= 0.6 is 0 Å². The van der Waals surface area contributed by atoms with Gasteiger partial charge in [-0.2, -0.15) is 0 Å². The van der Waals surface area contributed by atoms with Crippen molar-refractivity contribution >= 4 is 0 Å². The highest BCUT2D eigenvalue weighted by molar-refractivity contribution is 4.74. The van der Waals surface area contributed by atoms with Crippen molar-refractivity contribution in [2.75, 3.05) is 13.1 Å². The molecule has 2 aliphatic rings. The molecule has 2 atom stereocenters. The lowest BCUT2D eigenvalue weighted by Crippen LogP contribution is -2.37. The number of hydrogen-bond acceptors (Lipinski definition) is 2. The lowest BCUT2D eigenvalue weighted by atomic mass is 9.95. The van der Waals surface area contributed by atoms with Crippen LogP contribution in [0.15, 0.2) is 0 Å². The van der Waals surface area contributed by atoms with E-state index in [-0.39, 0.29) is 0 Å². The first-order valence-corrected chi connectivity index (χ1v) is 7.67. The Labute approximate surface area is 109 Å². The molecule has 0 radical (unpaired) electrons. The summed E-state index contributed by atoms with van der Waals surface area (Å²) in [6.45, 7) is 13.3. The average Bonchev–Trinajstić information content (AvgIpc) is 2.85.